The molecule has 4 nitrogen and oxygen atoms in total. The Labute approximate surface area is 116 Å². The van der Waals surface area contributed by atoms with Crippen LogP contribution in [0.25, 0.3) is 0 Å². The van der Waals surface area contributed by atoms with Crippen LogP contribution in [0.5, 0.6) is 0 Å². The first-order valence-electron chi connectivity index (χ1n) is 7.55. The Balaban J connectivity index is 2.12. The second-order valence-electron chi connectivity index (χ2n) is 5.54. The second-order valence-corrected chi connectivity index (χ2v) is 5.54. The van der Waals surface area contributed by atoms with E-state index in [1.54, 1.807) is 0 Å². The summed E-state index contributed by atoms with van der Waals surface area (Å²) in [5.74, 6) is 0. The molecule has 1 fully saturated rings. The molecule has 0 saturated heterocycles. The third-order valence-electron chi connectivity index (χ3n) is 4.17. The summed E-state index contributed by atoms with van der Waals surface area (Å²) in [5, 5.41) is 7.92. The summed E-state index contributed by atoms with van der Waals surface area (Å²) in [5.41, 5.74) is 1.32. The predicted molar refractivity (Wildman–Crippen MR) is 77.2 cm³/mol. The molecule has 1 aliphatic rings. The van der Waals surface area contributed by atoms with E-state index in [-0.39, 0.29) is 5.60 Å². The highest BCUT2D eigenvalue weighted by Crippen LogP contribution is 2.37. The molecule has 0 radical (unpaired) electrons. The van der Waals surface area contributed by atoms with Gasteiger partial charge in [-0.15, -0.1) is 0 Å². The zero-order valence-electron chi connectivity index (χ0n) is 12.5. The lowest BCUT2D eigenvalue weighted by molar-refractivity contribution is -0.0609. The fourth-order valence-electron chi connectivity index (χ4n) is 3.36. The summed E-state index contributed by atoms with van der Waals surface area (Å²) in [4.78, 5) is 0. The lowest BCUT2D eigenvalue weighted by Gasteiger charge is -2.38. The van der Waals surface area contributed by atoms with Gasteiger partial charge in [-0.25, -0.2) is 0 Å². The van der Waals surface area contributed by atoms with Crippen LogP contribution < -0.4 is 5.32 Å². The van der Waals surface area contributed by atoms with Crippen molar-refractivity contribution in [3.05, 3.63) is 18.0 Å². The van der Waals surface area contributed by atoms with Crippen LogP contribution in [-0.2, 0) is 18.2 Å². The van der Waals surface area contributed by atoms with Gasteiger partial charge in [-0.2, -0.15) is 5.10 Å². The molecule has 1 aromatic heterocycles. The molecule has 1 unspecified atom stereocenters. The van der Waals surface area contributed by atoms with E-state index in [0.29, 0.717) is 6.04 Å². The average molecular weight is 265 g/mol. The first-order chi connectivity index (χ1) is 9.20. The lowest BCUT2D eigenvalue weighted by atomic mass is 9.88. The predicted octanol–water partition coefficient (Wildman–Crippen LogP) is 2.29. The molecule has 2 rings (SSSR count). The number of aromatic nitrogens is 2. The van der Waals surface area contributed by atoms with Crippen molar-refractivity contribution in [3.63, 3.8) is 0 Å². The van der Waals surface area contributed by atoms with Crippen LogP contribution in [0.2, 0.25) is 0 Å². The van der Waals surface area contributed by atoms with Crippen LogP contribution in [0.15, 0.2) is 12.4 Å². The van der Waals surface area contributed by atoms with Gasteiger partial charge in [0.15, 0.2) is 0 Å². The van der Waals surface area contributed by atoms with Crippen LogP contribution >= 0.6 is 0 Å². The van der Waals surface area contributed by atoms with Crippen molar-refractivity contribution in [3.8, 4) is 0 Å². The number of hydrogen-bond acceptors (Lipinski definition) is 3. The fraction of sp³-hybridized carbons (Fsp3) is 0.800. The van der Waals surface area contributed by atoms with Gasteiger partial charge in [0.2, 0.25) is 0 Å². The Hall–Kier alpha value is -0.870. The van der Waals surface area contributed by atoms with Crippen LogP contribution in [0.1, 0.15) is 45.1 Å². The van der Waals surface area contributed by atoms with Crippen molar-refractivity contribution in [2.45, 2.75) is 57.6 Å². The highest BCUT2D eigenvalue weighted by molar-refractivity contribution is 5.10. The Morgan fingerprint density at radius 1 is 1.42 bits per heavy atom. The third kappa shape index (κ3) is 3.37. The Kier molecular flexibility index (Phi) is 4.99. The molecule has 0 bridgehead atoms. The molecule has 1 saturated carbocycles. The van der Waals surface area contributed by atoms with Crippen LogP contribution in [0.4, 0.5) is 0 Å². The summed E-state index contributed by atoms with van der Waals surface area (Å²) in [7, 11) is 1.97. The van der Waals surface area contributed by atoms with Gasteiger partial charge in [-0.3, -0.25) is 4.68 Å². The number of likely N-dealkylation sites (N-methyl/N-ethyl adjacent to an activating group) is 1. The van der Waals surface area contributed by atoms with E-state index in [1.807, 2.05) is 17.9 Å². The van der Waals surface area contributed by atoms with E-state index in [0.717, 1.165) is 19.6 Å². The second kappa shape index (κ2) is 6.53. The lowest BCUT2D eigenvalue weighted by Crippen LogP contribution is -2.52. The van der Waals surface area contributed by atoms with Crippen molar-refractivity contribution in [2.24, 2.45) is 7.05 Å². The Bertz CT molecular complexity index is 382. The van der Waals surface area contributed by atoms with E-state index >= 15 is 0 Å². The molecule has 108 valence electrons. The maximum Gasteiger partial charge on any atom is 0.0837 e. The molecule has 0 spiro atoms. The van der Waals surface area contributed by atoms with Crippen LogP contribution in [0, 0.1) is 0 Å². The quantitative estimate of drug-likeness (QED) is 0.822. The summed E-state index contributed by atoms with van der Waals surface area (Å²) < 4.78 is 8.07. The van der Waals surface area contributed by atoms with Crippen LogP contribution in [0.3, 0.4) is 0 Å². The summed E-state index contributed by atoms with van der Waals surface area (Å²) in [6, 6.07) is 0.393. The number of rotatable bonds is 7. The molecule has 0 amide bonds. The Morgan fingerprint density at radius 3 is 2.68 bits per heavy atom. The van der Waals surface area contributed by atoms with Gasteiger partial charge in [-0.05, 0) is 38.3 Å². The number of aryl methyl sites for hydroxylation is 1. The monoisotopic (exact) mass is 265 g/mol. The molecular weight excluding hydrogens is 238 g/mol. The topological polar surface area (TPSA) is 39.1 Å². The van der Waals surface area contributed by atoms with Crippen molar-refractivity contribution in [1.29, 1.82) is 0 Å². The number of ether oxygens (including phenoxy) is 1. The highest BCUT2D eigenvalue weighted by atomic mass is 16.5. The van der Waals surface area contributed by atoms with Gasteiger partial charge in [0.25, 0.3) is 0 Å². The molecule has 1 aliphatic carbocycles. The van der Waals surface area contributed by atoms with Crippen LogP contribution in [-0.4, -0.2) is 34.6 Å². The summed E-state index contributed by atoms with van der Waals surface area (Å²) >= 11 is 0. The third-order valence-corrected chi connectivity index (χ3v) is 4.17. The normalized spacial score (nSPS) is 19.7. The number of nitrogens with one attached hydrogen (secondary N) is 1. The van der Waals surface area contributed by atoms with E-state index in [9.17, 15) is 0 Å². The minimum Gasteiger partial charge on any atom is -0.374 e. The SMILES string of the molecule is CCNC(Cc1cnn(C)c1)C1(OCC)CCCC1. The molecule has 0 aromatic carbocycles. The van der Waals surface area contributed by atoms with Gasteiger partial charge >= 0.3 is 0 Å². The van der Waals surface area contributed by atoms with Gasteiger partial charge in [0.05, 0.1) is 11.8 Å². The molecule has 1 N–H and O–H groups in total. The largest absolute Gasteiger partial charge is 0.374 e. The van der Waals surface area contributed by atoms with Gasteiger partial charge < -0.3 is 10.1 Å². The number of nitrogens with zero attached hydrogens (tertiary/aromatic N) is 2. The molecule has 4 heteroatoms. The summed E-state index contributed by atoms with van der Waals surface area (Å²) in [6.07, 6.45) is 10.0. The van der Waals surface area contributed by atoms with E-state index in [1.165, 1.54) is 31.2 Å². The van der Waals surface area contributed by atoms with E-state index in [4.69, 9.17) is 4.74 Å². The van der Waals surface area contributed by atoms with E-state index < -0.39 is 0 Å². The average Bonchev–Trinajstić information content (AvgIpc) is 3.00. The van der Waals surface area contributed by atoms with Crippen molar-refractivity contribution >= 4 is 0 Å². The minimum atomic E-state index is 0.0284. The van der Waals surface area contributed by atoms with Crippen molar-refractivity contribution in [2.75, 3.05) is 13.2 Å². The summed E-state index contributed by atoms with van der Waals surface area (Å²) in [6.45, 7) is 6.06. The Morgan fingerprint density at radius 2 is 2.16 bits per heavy atom. The number of hydrogen-bond donors (Lipinski definition) is 1. The standard InChI is InChI=1S/C15H27N3O/c1-4-16-14(10-13-11-17-18(3)12-13)15(19-5-2)8-6-7-9-15/h11-12,14,16H,4-10H2,1-3H3. The highest BCUT2D eigenvalue weighted by Gasteiger charge is 2.41. The smallest absolute Gasteiger partial charge is 0.0837 e. The van der Waals surface area contributed by atoms with E-state index in [2.05, 4.69) is 30.5 Å². The van der Waals surface area contributed by atoms with Gasteiger partial charge in [0.1, 0.15) is 0 Å². The molecular formula is C15H27N3O. The first kappa shape index (κ1) is 14.5. The maximum absolute atomic E-state index is 6.19. The van der Waals surface area contributed by atoms with Gasteiger partial charge in [0, 0.05) is 25.9 Å². The maximum atomic E-state index is 6.19. The zero-order valence-corrected chi connectivity index (χ0v) is 12.5. The van der Waals surface area contributed by atoms with Gasteiger partial charge in [-0.1, -0.05) is 19.8 Å². The zero-order chi connectivity index (χ0) is 13.7. The fourth-order valence-corrected chi connectivity index (χ4v) is 3.36. The van der Waals surface area contributed by atoms with Crippen molar-refractivity contribution < 1.29 is 4.74 Å². The molecule has 0 aliphatic heterocycles. The first-order valence-corrected chi connectivity index (χ1v) is 7.55. The minimum absolute atomic E-state index is 0.0284. The molecule has 19 heavy (non-hydrogen) atoms. The molecule has 1 heterocycles. The van der Waals surface area contributed by atoms with Crippen molar-refractivity contribution in [1.82, 2.24) is 15.1 Å². The molecule has 1 aromatic rings. The molecule has 1 atom stereocenters.